The molecule has 1 aromatic carbocycles. The van der Waals surface area contributed by atoms with Gasteiger partial charge in [0, 0.05) is 45.0 Å². The number of nitrogens with zero attached hydrogens (tertiary/aromatic N) is 5. The van der Waals surface area contributed by atoms with Gasteiger partial charge in [-0.05, 0) is 55.7 Å². The smallest absolute Gasteiger partial charge is 0.437 e. The molecule has 3 amide bonds. The van der Waals surface area contributed by atoms with Crippen LogP contribution in [0.2, 0.25) is 0 Å². The highest BCUT2D eigenvalue weighted by Crippen LogP contribution is 2.35. The van der Waals surface area contributed by atoms with Gasteiger partial charge in [0.1, 0.15) is 11.6 Å². The maximum Gasteiger partial charge on any atom is 0.437 e. The number of halogens is 3. The fraction of sp³-hybridized carbons (Fsp3) is 0.407. The highest BCUT2D eigenvalue weighted by atomic mass is 19.4. The lowest BCUT2D eigenvalue weighted by Crippen LogP contribution is -2.50. The summed E-state index contributed by atoms with van der Waals surface area (Å²) >= 11 is 0. The fourth-order valence-corrected chi connectivity index (χ4v) is 4.73. The van der Waals surface area contributed by atoms with Crippen molar-refractivity contribution in [2.45, 2.75) is 25.4 Å². The molecule has 0 radical (unpaired) electrons. The van der Waals surface area contributed by atoms with Gasteiger partial charge in [0.05, 0.1) is 19.0 Å². The molecule has 0 bridgehead atoms. The van der Waals surface area contributed by atoms with Crippen LogP contribution in [0.4, 0.5) is 41.2 Å². The third kappa shape index (κ3) is 6.64. The van der Waals surface area contributed by atoms with E-state index in [-0.39, 0.29) is 17.7 Å². The van der Waals surface area contributed by atoms with E-state index in [0.29, 0.717) is 56.5 Å². The Labute approximate surface area is 234 Å². The molecule has 11 nitrogen and oxygen atoms in total. The Hall–Kier alpha value is -4.49. The number of benzene rings is 1. The number of amides is 3. The summed E-state index contributed by atoms with van der Waals surface area (Å²) in [7, 11) is 1.57. The molecule has 2 aromatic heterocycles. The molecule has 0 aliphatic carbocycles. The van der Waals surface area contributed by atoms with Gasteiger partial charge in [-0.15, -0.1) is 0 Å². The minimum Gasteiger partial charge on any atom is -0.497 e. The molecular weight excluding hydrogens is 543 g/mol. The molecule has 0 unspecified atom stereocenters. The lowest BCUT2D eigenvalue weighted by molar-refractivity contribution is -0.141. The van der Waals surface area contributed by atoms with E-state index in [9.17, 15) is 22.8 Å². The zero-order chi connectivity index (χ0) is 29.0. The minimum atomic E-state index is -4.85. The van der Waals surface area contributed by atoms with Crippen LogP contribution in [0.5, 0.6) is 5.75 Å². The van der Waals surface area contributed by atoms with E-state index < -0.39 is 23.5 Å². The Morgan fingerprint density at radius 1 is 0.878 bits per heavy atom. The van der Waals surface area contributed by atoms with Crippen LogP contribution in [0.15, 0.2) is 47.0 Å². The number of hydrogen-bond acceptors (Lipinski definition) is 8. The second kappa shape index (κ2) is 11.9. The summed E-state index contributed by atoms with van der Waals surface area (Å²) in [5.74, 6) is -0.632. The Morgan fingerprint density at radius 3 is 2.17 bits per heavy atom. The van der Waals surface area contributed by atoms with Crippen molar-refractivity contribution in [1.29, 1.82) is 0 Å². The number of piperidine rings is 1. The predicted molar refractivity (Wildman–Crippen MR) is 146 cm³/mol. The number of nitrogens with one attached hydrogen (secondary N) is 2. The molecule has 2 aliphatic heterocycles. The van der Waals surface area contributed by atoms with Crippen molar-refractivity contribution in [1.82, 2.24) is 14.9 Å². The zero-order valence-electron chi connectivity index (χ0n) is 22.4. The molecule has 14 heteroatoms. The Kier molecular flexibility index (Phi) is 8.17. The van der Waals surface area contributed by atoms with Gasteiger partial charge >= 0.3 is 12.2 Å². The number of urea groups is 1. The lowest BCUT2D eigenvalue weighted by atomic mass is 10.1. The minimum absolute atomic E-state index is 0.201. The van der Waals surface area contributed by atoms with Crippen LogP contribution in [0.3, 0.4) is 0 Å². The Balaban J connectivity index is 1.17. The summed E-state index contributed by atoms with van der Waals surface area (Å²) in [4.78, 5) is 38.7. The van der Waals surface area contributed by atoms with Gasteiger partial charge in [0.15, 0.2) is 5.69 Å². The molecular formula is C27H30F3N7O4. The summed E-state index contributed by atoms with van der Waals surface area (Å²) in [6.07, 6.45) is -0.870. The first-order chi connectivity index (χ1) is 19.7. The molecule has 2 saturated heterocycles. The number of anilines is 4. The lowest BCUT2D eigenvalue weighted by Gasteiger charge is -2.35. The Bertz CT molecular complexity index is 1350. The molecule has 4 heterocycles. The molecule has 2 fully saturated rings. The van der Waals surface area contributed by atoms with Crippen LogP contribution in [0, 0.1) is 0 Å². The molecule has 218 valence electrons. The standard InChI is InChI=1S/C27H30F3N7O4/c1-40-20-8-5-18(6-9-20)33-25(39)36-15-13-35(14-16-36)21-10-7-19(17-31-21)32-24(38)22-23(27(28,29)30)34-26(41-22)37-11-3-2-4-12-37/h5-10,17H,2-4,11-16H2,1H3,(H,32,38)(H,33,39). The Morgan fingerprint density at radius 2 is 1.56 bits per heavy atom. The monoisotopic (exact) mass is 573 g/mol. The van der Waals surface area contributed by atoms with Gasteiger partial charge in [0.2, 0.25) is 5.76 Å². The van der Waals surface area contributed by atoms with Crippen LogP contribution in [0.25, 0.3) is 0 Å². The number of ether oxygens (including phenoxy) is 1. The summed E-state index contributed by atoms with van der Waals surface area (Å²) in [6, 6.07) is 9.85. The van der Waals surface area contributed by atoms with Crippen molar-refractivity contribution >= 4 is 35.1 Å². The SMILES string of the molecule is COc1ccc(NC(=O)N2CCN(c3ccc(NC(=O)c4oc(N5CCCCC5)nc4C(F)(F)F)cn3)CC2)cc1. The van der Waals surface area contributed by atoms with Crippen molar-refractivity contribution in [3.8, 4) is 5.75 Å². The number of methoxy groups -OCH3 is 1. The molecule has 2 N–H and O–H groups in total. The number of aromatic nitrogens is 2. The molecule has 5 rings (SSSR count). The number of alkyl halides is 3. The van der Waals surface area contributed by atoms with Crippen LogP contribution >= 0.6 is 0 Å². The van der Waals surface area contributed by atoms with Crippen LogP contribution in [0.1, 0.15) is 35.5 Å². The topological polar surface area (TPSA) is 116 Å². The number of hydrogen-bond donors (Lipinski definition) is 2. The average Bonchev–Trinajstić information content (AvgIpc) is 3.46. The van der Waals surface area contributed by atoms with Crippen LogP contribution in [-0.4, -0.2) is 73.2 Å². The summed E-state index contributed by atoms with van der Waals surface area (Å²) in [5, 5.41) is 5.29. The van der Waals surface area contributed by atoms with Crippen molar-refractivity contribution in [3.63, 3.8) is 0 Å². The molecule has 0 atom stereocenters. The zero-order valence-corrected chi connectivity index (χ0v) is 22.4. The van der Waals surface area contributed by atoms with E-state index in [1.165, 1.54) is 6.20 Å². The van der Waals surface area contributed by atoms with Gasteiger partial charge in [0.25, 0.3) is 11.9 Å². The predicted octanol–water partition coefficient (Wildman–Crippen LogP) is 4.69. The van der Waals surface area contributed by atoms with E-state index >= 15 is 0 Å². The largest absolute Gasteiger partial charge is 0.497 e. The molecule has 2 aliphatic rings. The van der Waals surface area contributed by atoms with Crippen molar-refractivity contribution < 1.29 is 31.9 Å². The van der Waals surface area contributed by atoms with Crippen molar-refractivity contribution in [2.75, 3.05) is 66.8 Å². The first-order valence-electron chi connectivity index (χ1n) is 13.3. The summed E-state index contributed by atoms with van der Waals surface area (Å²) < 4.78 is 51.3. The van der Waals surface area contributed by atoms with Gasteiger partial charge in [-0.3, -0.25) is 4.79 Å². The number of rotatable bonds is 6. The number of pyridine rings is 1. The average molecular weight is 574 g/mol. The maximum absolute atomic E-state index is 13.6. The van der Waals surface area contributed by atoms with Gasteiger partial charge < -0.3 is 34.5 Å². The summed E-state index contributed by atoms with van der Waals surface area (Å²) in [6.45, 7) is 3.03. The third-order valence-electron chi connectivity index (χ3n) is 6.96. The van der Waals surface area contributed by atoms with Crippen LogP contribution < -0.4 is 25.2 Å². The van der Waals surface area contributed by atoms with Crippen molar-refractivity contribution in [3.05, 3.63) is 54.0 Å². The number of carbonyl (C=O) groups excluding carboxylic acids is 2. The second-order valence-electron chi connectivity index (χ2n) is 9.71. The second-order valence-corrected chi connectivity index (χ2v) is 9.71. The van der Waals surface area contributed by atoms with Crippen LogP contribution in [-0.2, 0) is 6.18 Å². The van der Waals surface area contributed by atoms with Gasteiger partial charge in [-0.2, -0.15) is 18.2 Å². The molecule has 0 saturated carbocycles. The highest BCUT2D eigenvalue weighted by Gasteiger charge is 2.42. The summed E-state index contributed by atoms with van der Waals surface area (Å²) in [5.41, 5.74) is -0.484. The first-order valence-corrected chi connectivity index (χ1v) is 13.3. The molecule has 0 spiro atoms. The molecule has 3 aromatic rings. The number of piperazine rings is 1. The quantitative estimate of drug-likeness (QED) is 0.436. The van der Waals surface area contributed by atoms with E-state index in [1.54, 1.807) is 53.3 Å². The fourth-order valence-electron chi connectivity index (χ4n) is 4.73. The molecule has 41 heavy (non-hydrogen) atoms. The third-order valence-corrected chi connectivity index (χ3v) is 6.96. The van der Waals surface area contributed by atoms with E-state index in [0.717, 1.165) is 19.3 Å². The number of carbonyl (C=O) groups is 2. The van der Waals surface area contributed by atoms with Crippen molar-refractivity contribution in [2.24, 2.45) is 0 Å². The maximum atomic E-state index is 13.6. The normalized spacial score (nSPS) is 16.0. The first kappa shape index (κ1) is 28.1. The van der Waals surface area contributed by atoms with E-state index in [2.05, 4.69) is 20.6 Å². The van der Waals surface area contributed by atoms with E-state index in [1.807, 2.05) is 4.90 Å². The highest BCUT2D eigenvalue weighted by molar-refractivity contribution is 6.03. The van der Waals surface area contributed by atoms with Gasteiger partial charge in [-0.25, -0.2) is 9.78 Å². The number of oxazole rings is 1. The van der Waals surface area contributed by atoms with E-state index in [4.69, 9.17) is 9.15 Å². The van der Waals surface area contributed by atoms with Gasteiger partial charge in [-0.1, -0.05) is 0 Å².